The number of imide groups is 1. The van der Waals surface area contributed by atoms with Crippen LogP contribution in [0.1, 0.15) is 21.9 Å². The van der Waals surface area contributed by atoms with Crippen LogP contribution in [0, 0.1) is 12.8 Å². The Morgan fingerprint density at radius 3 is 2.50 bits per heavy atom. The summed E-state index contributed by atoms with van der Waals surface area (Å²) in [5, 5.41) is 2.66. The van der Waals surface area contributed by atoms with E-state index in [2.05, 4.69) is 10.3 Å². The van der Waals surface area contributed by atoms with Gasteiger partial charge < -0.3 is 4.98 Å². The zero-order valence-electron chi connectivity index (χ0n) is 11.6. The molecule has 3 heterocycles. The molecule has 1 aromatic carbocycles. The van der Waals surface area contributed by atoms with Gasteiger partial charge in [0.2, 0.25) is 11.8 Å². The number of aromatic nitrogens is 1. The van der Waals surface area contributed by atoms with Gasteiger partial charge in [0.15, 0.2) is 0 Å². The summed E-state index contributed by atoms with van der Waals surface area (Å²) in [7, 11) is 0. The lowest BCUT2D eigenvalue weighted by molar-refractivity contribution is -0.125. The summed E-state index contributed by atoms with van der Waals surface area (Å²) >= 11 is 2.41. The van der Waals surface area contributed by atoms with Gasteiger partial charge in [-0.2, -0.15) is 0 Å². The van der Waals surface area contributed by atoms with Crippen LogP contribution in [0.5, 0.6) is 0 Å². The van der Waals surface area contributed by atoms with Gasteiger partial charge in [-0.3, -0.25) is 19.7 Å². The van der Waals surface area contributed by atoms with Gasteiger partial charge in [0.05, 0.1) is 10.9 Å². The number of carbonyl (C=O) groups is 2. The van der Waals surface area contributed by atoms with E-state index in [9.17, 15) is 14.4 Å². The maximum atomic E-state index is 12.3. The number of thiazole rings is 1. The fraction of sp³-hybridized carbons (Fsp3) is 0.267. The van der Waals surface area contributed by atoms with E-state index in [0.717, 1.165) is 27.3 Å². The summed E-state index contributed by atoms with van der Waals surface area (Å²) in [5.74, 6) is -1.23. The number of hydrogen-bond donors (Lipinski definition) is 2. The number of thioether (sulfide) groups is 1. The number of H-pyrrole nitrogens is 1. The summed E-state index contributed by atoms with van der Waals surface area (Å²) in [6.07, 6.45) is 0. The van der Waals surface area contributed by atoms with Gasteiger partial charge in [-0.25, -0.2) is 0 Å². The first-order valence-corrected chi connectivity index (χ1v) is 8.55. The maximum Gasteiger partial charge on any atom is 0.305 e. The van der Waals surface area contributed by atoms with E-state index < -0.39 is 11.2 Å². The molecule has 2 aliphatic rings. The molecule has 7 heteroatoms. The lowest BCUT2D eigenvalue weighted by Gasteiger charge is -2.29. The smallest absolute Gasteiger partial charge is 0.305 e. The SMILES string of the molecule is Cc1ccc([C@@H]2c3sc(=O)[nH]c3S[C@@H]3C(=O)NC(=O)[C@@H]23)cc1. The van der Waals surface area contributed by atoms with E-state index in [4.69, 9.17) is 0 Å². The van der Waals surface area contributed by atoms with E-state index >= 15 is 0 Å². The molecular formula is C15H12N2O3S2. The topological polar surface area (TPSA) is 79.0 Å². The van der Waals surface area contributed by atoms with Gasteiger partial charge in [-0.05, 0) is 12.5 Å². The number of amides is 2. The van der Waals surface area contributed by atoms with Crippen molar-refractivity contribution in [2.45, 2.75) is 23.1 Å². The van der Waals surface area contributed by atoms with Crippen LogP contribution in [0.4, 0.5) is 0 Å². The van der Waals surface area contributed by atoms with Crippen molar-refractivity contribution in [3.8, 4) is 0 Å². The van der Waals surface area contributed by atoms with Crippen molar-refractivity contribution in [2.75, 3.05) is 0 Å². The fourth-order valence-electron chi connectivity index (χ4n) is 3.07. The number of carbonyl (C=O) groups excluding carboxylic acids is 2. The first-order valence-electron chi connectivity index (χ1n) is 6.85. The Labute approximate surface area is 134 Å². The molecule has 2 aliphatic heterocycles. The standard InChI is InChI=1S/C15H12N2O3S2/c1-6-2-4-7(5-3-6)8-9-10(13(19)16-12(9)18)21-14-11(8)22-15(20)17-14/h2-5,8-10H,1H3,(H,17,20)(H,16,18,19)/t8-,9-,10-/m0/s1. The molecule has 0 spiro atoms. The Hall–Kier alpha value is -1.86. The predicted octanol–water partition coefficient (Wildman–Crippen LogP) is 1.62. The number of aryl methyl sites for hydroxylation is 1. The lowest BCUT2D eigenvalue weighted by atomic mass is 9.83. The predicted molar refractivity (Wildman–Crippen MR) is 84.2 cm³/mol. The van der Waals surface area contributed by atoms with Crippen molar-refractivity contribution in [2.24, 2.45) is 5.92 Å². The summed E-state index contributed by atoms with van der Waals surface area (Å²) in [5.41, 5.74) is 2.09. The summed E-state index contributed by atoms with van der Waals surface area (Å²) in [6.45, 7) is 2.00. The molecule has 0 unspecified atom stereocenters. The van der Waals surface area contributed by atoms with E-state index in [1.165, 1.54) is 11.8 Å². The average Bonchev–Trinajstić information content (AvgIpc) is 2.98. The van der Waals surface area contributed by atoms with Gasteiger partial charge >= 0.3 is 4.87 Å². The first kappa shape index (κ1) is 13.8. The molecular weight excluding hydrogens is 320 g/mol. The zero-order chi connectivity index (χ0) is 15.4. The van der Waals surface area contributed by atoms with Crippen LogP contribution >= 0.6 is 23.1 Å². The molecule has 1 fully saturated rings. The highest BCUT2D eigenvalue weighted by atomic mass is 32.2. The second-order valence-corrected chi connectivity index (χ2v) is 7.68. The summed E-state index contributed by atoms with van der Waals surface area (Å²) < 4.78 is 0. The van der Waals surface area contributed by atoms with Gasteiger partial charge in [0, 0.05) is 10.8 Å². The molecule has 22 heavy (non-hydrogen) atoms. The van der Waals surface area contributed by atoms with Crippen LogP contribution in [0.25, 0.3) is 0 Å². The van der Waals surface area contributed by atoms with E-state index in [1.807, 2.05) is 31.2 Å². The van der Waals surface area contributed by atoms with E-state index in [1.54, 1.807) is 0 Å². The Kier molecular flexibility index (Phi) is 3.02. The van der Waals surface area contributed by atoms with Crippen molar-refractivity contribution in [1.29, 1.82) is 0 Å². The van der Waals surface area contributed by atoms with Crippen molar-refractivity contribution in [1.82, 2.24) is 10.3 Å². The number of rotatable bonds is 1. The number of nitrogens with one attached hydrogen (secondary N) is 2. The van der Waals surface area contributed by atoms with Crippen LogP contribution in [0.2, 0.25) is 0 Å². The van der Waals surface area contributed by atoms with Crippen molar-refractivity contribution in [3.05, 3.63) is 49.9 Å². The third-order valence-electron chi connectivity index (χ3n) is 4.10. The molecule has 1 aromatic heterocycles. The van der Waals surface area contributed by atoms with Crippen molar-refractivity contribution in [3.63, 3.8) is 0 Å². The Bertz CT molecular complexity index is 837. The number of aromatic amines is 1. The fourth-order valence-corrected chi connectivity index (χ4v) is 5.55. The first-order chi connectivity index (χ1) is 10.5. The minimum atomic E-state index is -0.475. The third kappa shape index (κ3) is 1.96. The second-order valence-electron chi connectivity index (χ2n) is 5.51. The van der Waals surface area contributed by atoms with Crippen molar-refractivity contribution < 1.29 is 9.59 Å². The molecule has 2 amide bonds. The maximum absolute atomic E-state index is 12.3. The highest BCUT2D eigenvalue weighted by Crippen LogP contribution is 2.50. The second kappa shape index (κ2) is 4.82. The van der Waals surface area contributed by atoms with Crippen LogP contribution in [-0.4, -0.2) is 22.0 Å². The molecule has 0 aliphatic carbocycles. The van der Waals surface area contributed by atoms with Crippen LogP contribution in [-0.2, 0) is 9.59 Å². The molecule has 4 rings (SSSR count). The highest BCUT2D eigenvalue weighted by Gasteiger charge is 2.52. The Morgan fingerprint density at radius 2 is 1.77 bits per heavy atom. The lowest BCUT2D eigenvalue weighted by Crippen LogP contribution is -2.31. The summed E-state index contributed by atoms with van der Waals surface area (Å²) in [6, 6.07) is 7.90. The number of fused-ring (bicyclic) bond motifs is 2. The number of benzene rings is 1. The molecule has 2 N–H and O–H groups in total. The van der Waals surface area contributed by atoms with Crippen molar-refractivity contribution >= 4 is 34.9 Å². The molecule has 112 valence electrons. The molecule has 0 bridgehead atoms. The largest absolute Gasteiger partial charge is 0.307 e. The van der Waals surface area contributed by atoms with E-state index in [-0.39, 0.29) is 22.6 Å². The Morgan fingerprint density at radius 1 is 1.05 bits per heavy atom. The monoisotopic (exact) mass is 332 g/mol. The van der Waals surface area contributed by atoms with Gasteiger partial charge in [0.25, 0.3) is 0 Å². The van der Waals surface area contributed by atoms with E-state index in [0.29, 0.717) is 5.03 Å². The van der Waals surface area contributed by atoms with Gasteiger partial charge in [-0.15, -0.1) is 0 Å². The quantitative estimate of drug-likeness (QED) is 0.778. The molecule has 5 nitrogen and oxygen atoms in total. The number of hydrogen-bond acceptors (Lipinski definition) is 5. The molecule has 1 saturated heterocycles. The third-order valence-corrected chi connectivity index (χ3v) is 6.51. The van der Waals surface area contributed by atoms with Crippen LogP contribution in [0.15, 0.2) is 34.1 Å². The average molecular weight is 332 g/mol. The van der Waals surface area contributed by atoms with Crippen LogP contribution < -0.4 is 10.2 Å². The zero-order valence-corrected chi connectivity index (χ0v) is 13.2. The molecule has 3 atom stereocenters. The molecule has 0 saturated carbocycles. The normalized spacial score (nSPS) is 26.5. The summed E-state index contributed by atoms with van der Waals surface area (Å²) in [4.78, 5) is 39.5. The van der Waals surface area contributed by atoms with Gasteiger partial charge in [-0.1, -0.05) is 52.9 Å². The van der Waals surface area contributed by atoms with Gasteiger partial charge in [0.1, 0.15) is 5.25 Å². The minimum absolute atomic E-state index is 0.151. The Balaban J connectivity index is 1.91. The molecule has 0 radical (unpaired) electrons. The minimum Gasteiger partial charge on any atom is -0.307 e. The highest BCUT2D eigenvalue weighted by molar-refractivity contribution is 8.00. The molecule has 2 aromatic rings. The van der Waals surface area contributed by atoms with Crippen LogP contribution in [0.3, 0.4) is 0 Å².